The number of carbonyl (C=O) groups excluding carboxylic acids is 1. The predicted molar refractivity (Wildman–Crippen MR) is 45.3 cm³/mol. The number of hydrogen-bond donors (Lipinski definition) is 0. The van der Waals surface area contributed by atoms with E-state index >= 15 is 0 Å². The van der Waals surface area contributed by atoms with Crippen LogP contribution >= 0.6 is 11.8 Å². The lowest BCUT2D eigenvalue weighted by atomic mass is 10.5. The Hall–Kier alpha value is -1.06. The van der Waals surface area contributed by atoms with Gasteiger partial charge in [0.25, 0.3) is 0 Å². The van der Waals surface area contributed by atoms with Crippen LogP contribution in [0.2, 0.25) is 0 Å². The molecule has 0 amide bonds. The summed E-state index contributed by atoms with van der Waals surface area (Å²) in [5.74, 6) is 1.57. The SMILES string of the molecule is O=C=Nc1cn2c(n1)SCCC2. The number of isocyanates is 1. The summed E-state index contributed by atoms with van der Waals surface area (Å²) in [6.45, 7) is 0.976. The molecule has 0 fully saturated rings. The van der Waals surface area contributed by atoms with Crippen LogP contribution in [0.15, 0.2) is 16.3 Å². The van der Waals surface area contributed by atoms with Gasteiger partial charge in [0.05, 0.1) is 6.20 Å². The summed E-state index contributed by atoms with van der Waals surface area (Å²) in [7, 11) is 0. The van der Waals surface area contributed by atoms with Crippen LogP contribution in [0.25, 0.3) is 0 Å². The number of fused-ring (bicyclic) bond motifs is 1. The second-order valence-electron chi connectivity index (χ2n) is 2.48. The first kappa shape index (κ1) is 7.58. The Bertz CT molecular complexity index is 317. The van der Waals surface area contributed by atoms with Crippen LogP contribution in [-0.2, 0) is 11.3 Å². The standard InChI is InChI=1S/C7H7N3OS/c11-5-8-6-4-10-2-1-3-12-7(10)9-6/h4H,1-3H2. The summed E-state index contributed by atoms with van der Waals surface area (Å²) in [6.07, 6.45) is 4.42. The zero-order valence-electron chi connectivity index (χ0n) is 6.36. The van der Waals surface area contributed by atoms with Crippen molar-refractivity contribution in [1.29, 1.82) is 0 Å². The Balaban J connectivity index is 2.37. The molecule has 0 radical (unpaired) electrons. The third-order valence-electron chi connectivity index (χ3n) is 1.66. The smallest absolute Gasteiger partial charge is 0.242 e. The van der Waals surface area contributed by atoms with Gasteiger partial charge in [-0.05, 0) is 6.42 Å². The summed E-state index contributed by atoms with van der Waals surface area (Å²) in [4.78, 5) is 17.5. The maximum Gasteiger partial charge on any atom is 0.242 e. The molecule has 62 valence electrons. The molecular weight excluding hydrogens is 174 g/mol. The molecule has 2 heterocycles. The van der Waals surface area contributed by atoms with Crippen LogP contribution in [-0.4, -0.2) is 21.4 Å². The van der Waals surface area contributed by atoms with E-state index in [4.69, 9.17) is 0 Å². The number of hydrogen-bond acceptors (Lipinski definition) is 4. The van der Waals surface area contributed by atoms with E-state index in [1.54, 1.807) is 18.0 Å². The number of thioether (sulfide) groups is 1. The number of nitrogens with zero attached hydrogens (tertiary/aromatic N) is 3. The molecule has 2 rings (SSSR count). The maximum atomic E-state index is 9.94. The number of aromatic nitrogens is 2. The number of rotatable bonds is 1. The fraction of sp³-hybridized carbons (Fsp3) is 0.429. The molecule has 0 aliphatic carbocycles. The van der Waals surface area contributed by atoms with E-state index in [0.717, 1.165) is 23.9 Å². The Morgan fingerprint density at radius 3 is 3.42 bits per heavy atom. The quantitative estimate of drug-likeness (QED) is 0.485. The van der Waals surface area contributed by atoms with E-state index in [-0.39, 0.29) is 0 Å². The van der Waals surface area contributed by atoms with Crippen molar-refractivity contribution < 1.29 is 4.79 Å². The number of imidazole rings is 1. The fourth-order valence-corrected chi connectivity index (χ4v) is 2.08. The zero-order chi connectivity index (χ0) is 8.39. The second-order valence-corrected chi connectivity index (χ2v) is 3.54. The lowest BCUT2D eigenvalue weighted by Crippen LogP contribution is -2.05. The van der Waals surface area contributed by atoms with Gasteiger partial charge in [-0.1, -0.05) is 11.8 Å². The van der Waals surface area contributed by atoms with Crippen LogP contribution in [0.3, 0.4) is 0 Å². The number of aryl methyl sites for hydroxylation is 1. The zero-order valence-corrected chi connectivity index (χ0v) is 7.17. The Morgan fingerprint density at radius 1 is 1.75 bits per heavy atom. The summed E-state index contributed by atoms with van der Waals surface area (Å²) < 4.78 is 2.02. The Kier molecular flexibility index (Phi) is 1.98. The Morgan fingerprint density at radius 2 is 2.67 bits per heavy atom. The molecular formula is C7H7N3OS. The first-order valence-electron chi connectivity index (χ1n) is 3.68. The summed E-state index contributed by atoms with van der Waals surface area (Å²) in [6, 6.07) is 0. The summed E-state index contributed by atoms with van der Waals surface area (Å²) in [5.41, 5.74) is 0. The molecule has 1 aliphatic heterocycles. The molecule has 1 aliphatic rings. The van der Waals surface area contributed by atoms with Crippen molar-refractivity contribution >= 4 is 23.7 Å². The van der Waals surface area contributed by atoms with Gasteiger partial charge in [0.15, 0.2) is 11.0 Å². The van der Waals surface area contributed by atoms with E-state index < -0.39 is 0 Å². The van der Waals surface area contributed by atoms with Gasteiger partial charge in [-0.25, -0.2) is 9.78 Å². The first-order chi connectivity index (χ1) is 5.90. The average Bonchev–Trinajstić information content (AvgIpc) is 2.47. The van der Waals surface area contributed by atoms with E-state index in [1.165, 1.54) is 6.08 Å². The average molecular weight is 181 g/mol. The van der Waals surface area contributed by atoms with Gasteiger partial charge >= 0.3 is 0 Å². The lowest BCUT2D eigenvalue weighted by molar-refractivity contribution is 0.565. The highest BCUT2D eigenvalue weighted by molar-refractivity contribution is 7.99. The highest BCUT2D eigenvalue weighted by atomic mass is 32.2. The van der Waals surface area contributed by atoms with Gasteiger partial charge in [-0.15, -0.1) is 4.99 Å². The van der Waals surface area contributed by atoms with E-state index in [2.05, 4.69) is 9.98 Å². The van der Waals surface area contributed by atoms with Gasteiger partial charge in [-0.3, -0.25) is 0 Å². The van der Waals surface area contributed by atoms with Crippen molar-refractivity contribution in [1.82, 2.24) is 9.55 Å². The summed E-state index contributed by atoms with van der Waals surface area (Å²) in [5, 5.41) is 0.954. The lowest BCUT2D eigenvalue weighted by Gasteiger charge is -2.10. The molecule has 0 unspecified atom stereocenters. The molecule has 5 heteroatoms. The van der Waals surface area contributed by atoms with Gasteiger partial charge in [0.1, 0.15) is 0 Å². The molecule has 0 aromatic carbocycles. The Labute approximate surface area is 73.7 Å². The van der Waals surface area contributed by atoms with Gasteiger partial charge in [0, 0.05) is 12.3 Å². The fourth-order valence-electron chi connectivity index (χ4n) is 1.16. The normalized spacial score (nSPS) is 15.0. The van der Waals surface area contributed by atoms with Crippen molar-refractivity contribution in [3.63, 3.8) is 0 Å². The third kappa shape index (κ3) is 1.29. The topological polar surface area (TPSA) is 47.2 Å². The largest absolute Gasteiger partial charge is 0.324 e. The third-order valence-corrected chi connectivity index (χ3v) is 2.74. The molecule has 0 atom stereocenters. The molecule has 0 bridgehead atoms. The van der Waals surface area contributed by atoms with Crippen molar-refractivity contribution in [2.24, 2.45) is 4.99 Å². The van der Waals surface area contributed by atoms with Crippen LogP contribution in [0.4, 0.5) is 5.82 Å². The minimum absolute atomic E-state index is 0.467. The minimum atomic E-state index is 0.467. The molecule has 1 aromatic rings. The first-order valence-corrected chi connectivity index (χ1v) is 4.66. The molecule has 0 saturated heterocycles. The van der Waals surface area contributed by atoms with Gasteiger partial charge in [-0.2, -0.15) is 0 Å². The van der Waals surface area contributed by atoms with Crippen molar-refractivity contribution in [3.8, 4) is 0 Å². The maximum absolute atomic E-state index is 9.94. The highest BCUT2D eigenvalue weighted by Crippen LogP contribution is 2.26. The monoisotopic (exact) mass is 181 g/mol. The van der Waals surface area contributed by atoms with Crippen LogP contribution in [0.5, 0.6) is 0 Å². The predicted octanol–water partition coefficient (Wildman–Crippen LogP) is 1.35. The molecule has 4 nitrogen and oxygen atoms in total. The van der Waals surface area contributed by atoms with Crippen molar-refractivity contribution in [2.45, 2.75) is 18.1 Å². The molecule has 0 N–H and O–H groups in total. The molecule has 12 heavy (non-hydrogen) atoms. The highest BCUT2D eigenvalue weighted by Gasteiger charge is 2.11. The van der Waals surface area contributed by atoms with Crippen LogP contribution in [0, 0.1) is 0 Å². The molecule has 1 aromatic heterocycles. The van der Waals surface area contributed by atoms with Crippen LogP contribution < -0.4 is 0 Å². The molecule has 0 spiro atoms. The van der Waals surface area contributed by atoms with Gasteiger partial charge in [0.2, 0.25) is 6.08 Å². The van der Waals surface area contributed by atoms with Crippen molar-refractivity contribution in [3.05, 3.63) is 6.20 Å². The number of aliphatic imine (C=N–C) groups is 1. The van der Waals surface area contributed by atoms with Crippen LogP contribution in [0.1, 0.15) is 6.42 Å². The summed E-state index contributed by atoms with van der Waals surface area (Å²) >= 11 is 1.70. The van der Waals surface area contributed by atoms with Crippen molar-refractivity contribution in [2.75, 3.05) is 5.75 Å². The minimum Gasteiger partial charge on any atom is -0.324 e. The second kappa shape index (κ2) is 3.13. The van der Waals surface area contributed by atoms with E-state index in [1.807, 2.05) is 4.57 Å². The van der Waals surface area contributed by atoms with Gasteiger partial charge < -0.3 is 4.57 Å². The molecule has 0 saturated carbocycles. The van der Waals surface area contributed by atoms with E-state index in [9.17, 15) is 4.79 Å². The van der Waals surface area contributed by atoms with E-state index in [0.29, 0.717) is 5.82 Å².